The molecule has 2 heterocycles. The highest BCUT2D eigenvalue weighted by molar-refractivity contribution is 5.94. The Balaban J connectivity index is 2.15. The Hall–Kier alpha value is -2.95. The van der Waals surface area contributed by atoms with Crippen LogP contribution in [0.4, 0.5) is 0 Å². The quantitative estimate of drug-likeness (QED) is 0.238. The van der Waals surface area contributed by atoms with Gasteiger partial charge in [0.05, 0.1) is 18.1 Å². The molecule has 0 spiro atoms. The normalized spacial score (nSPS) is 18.4. The lowest BCUT2D eigenvalue weighted by molar-refractivity contribution is -0.142. The van der Waals surface area contributed by atoms with Gasteiger partial charge in [-0.25, -0.2) is 9.78 Å². The van der Waals surface area contributed by atoms with Crippen LogP contribution in [0.1, 0.15) is 59.1 Å². The molecule has 4 atom stereocenters. The number of carboxylic acids is 1. The number of nitrogens with zero attached hydrogens (tertiary/aromatic N) is 1. The lowest BCUT2D eigenvalue weighted by Crippen LogP contribution is -2.57. The molecule has 0 aliphatic carbocycles. The van der Waals surface area contributed by atoms with Gasteiger partial charge in [-0.15, -0.1) is 0 Å². The smallest absolute Gasteiger partial charge is 0.326 e. The van der Waals surface area contributed by atoms with Crippen LogP contribution in [-0.4, -0.2) is 69.5 Å². The number of carbonyl (C=O) groups is 4. The second-order valence-corrected chi connectivity index (χ2v) is 9.69. The van der Waals surface area contributed by atoms with E-state index in [1.807, 2.05) is 27.7 Å². The molecule has 34 heavy (non-hydrogen) atoms. The Morgan fingerprint density at radius 2 is 1.62 bits per heavy atom. The summed E-state index contributed by atoms with van der Waals surface area (Å²) in [5.41, 5.74) is 0.538. The highest BCUT2D eigenvalue weighted by Gasteiger charge is 2.32. The maximum Gasteiger partial charge on any atom is 0.326 e. The van der Waals surface area contributed by atoms with E-state index in [1.54, 1.807) is 6.20 Å². The van der Waals surface area contributed by atoms with E-state index in [0.717, 1.165) is 13.0 Å². The van der Waals surface area contributed by atoms with Crippen LogP contribution in [0.15, 0.2) is 12.5 Å². The van der Waals surface area contributed by atoms with Crippen molar-refractivity contribution in [2.75, 3.05) is 6.54 Å². The van der Waals surface area contributed by atoms with Crippen molar-refractivity contribution < 1.29 is 24.3 Å². The van der Waals surface area contributed by atoms with E-state index in [-0.39, 0.29) is 36.6 Å². The highest BCUT2D eigenvalue weighted by Crippen LogP contribution is 2.11. The second-order valence-electron chi connectivity index (χ2n) is 9.69. The maximum absolute atomic E-state index is 13.2. The van der Waals surface area contributed by atoms with Crippen LogP contribution in [0.3, 0.4) is 0 Å². The van der Waals surface area contributed by atoms with Crippen LogP contribution in [0.25, 0.3) is 0 Å². The van der Waals surface area contributed by atoms with Crippen LogP contribution in [0.5, 0.6) is 0 Å². The van der Waals surface area contributed by atoms with Gasteiger partial charge in [-0.1, -0.05) is 27.7 Å². The van der Waals surface area contributed by atoms with E-state index >= 15 is 0 Å². The lowest BCUT2D eigenvalue weighted by Gasteiger charge is -2.26. The fraction of sp³-hybridized carbons (Fsp3) is 0.696. The van der Waals surface area contributed by atoms with Crippen molar-refractivity contribution in [1.82, 2.24) is 31.2 Å². The number of amides is 3. The molecule has 6 N–H and O–H groups in total. The summed E-state index contributed by atoms with van der Waals surface area (Å²) in [6.07, 6.45) is 5.39. The van der Waals surface area contributed by atoms with Gasteiger partial charge in [0.2, 0.25) is 17.7 Å². The van der Waals surface area contributed by atoms with Gasteiger partial charge in [0.1, 0.15) is 18.1 Å². The van der Waals surface area contributed by atoms with Crippen LogP contribution < -0.4 is 21.3 Å². The molecule has 1 aromatic rings. The molecule has 0 bridgehead atoms. The first kappa shape index (κ1) is 27.3. The Labute approximate surface area is 200 Å². The van der Waals surface area contributed by atoms with Crippen LogP contribution in [0, 0.1) is 11.8 Å². The van der Waals surface area contributed by atoms with Gasteiger partial charge in [0.25, 0.3) is 0 Å². The Morgan fingerprint density at radius 1 is 1.00 bits per heavy atom. The molecule has 2 rings (SSSR count). The molecule has 11 heteroatoms. The molecule has 1 aliphatic heterocycles. The average molecular weight is 479 g/mol. The zero-order chi connectivity index (χ0) is 25.3. The summed E-state index contributed by atoms with van der Waals surface area (Å²) >= 11 is 0. The van der Waals surface area contributed by atoms with E-state index in [4.69, 9.17) is 0 Å². The average Bonchev–Trinajstić information content (AvgIpc) is 3.45. The number of carbonyl (C=O) groups excluding carboxylic acids is 3. The summed E-state index contributed by atoms with van der Waals surface area (Å²) in [6, 6.07) is -3.29. The first-order valence-corrected chi connectivity index (χ1v) is 11.9. The summed E-state index contributed by atoms with van der Waals surface area (Å²) in [6.45, 7) is 8.37. The Morgan fingerprint density at radius 3 is 2.15 bits per heavy atom. The molecule has 1 aromatic heterocycles. The molecular formula is C23H38N6O5. The van der Waals surface area contributed by atoms with Crippen molar-refractivity contribution in [2.45, 2.75) is 84.0 Å². The number of nitrogens with one attached hydrogen (secondary N) is 5. The molecular weight excluding hydrogens is 440 g/mol. The first-order chi connectivity index (χ1) is 16.1. The van der Waals surface area contributed by atoms with E-state index in [2.05, 4.69) is 31.2 Å². The van der Waals surface area contributed by atoms with Crippen molar-refractivity contribution in [3.8, 4) is 0 Å². The minimum absolute atomic E-state index is 0.0515. The zero-order valence-corrected chi connectivity index (χ0v) is 20.4. The SMILES string of the molecule is CC(C)C[C@H](NC(=O)[C@@H](Cc1c[nH]cn1)NC(=O)[C@@H](CC(C)C)NC(=O)[C@H]1CCCN1)C(=O)O. The van der Waals surface area contributed by atoms with E-state index in [9.17, 15) is 24.3 Å². The van der Waals surface area contributed by atoms with Gasteiger partial charge in [0, 0.05) is 12.6 Å². The van der Waals surface area contributed by atoms with Crippen molar-refractivity contribution >= 4 is 23.7 Å². The molecule has 1 saturated heterocycles. The van der Waals surface area contributed by atoms with Gasteiger partial charge < -0.3 is 31.4 Å². The second kappa shape index (κ2) is 13.1. The fourth-order valence-corrected chi connectivity index (χ4v) is 3.94. The van der Waals surface area contributed by atoms with Crippen molar-refractivity contribution in [2.24, 2.45) is 11.8 Å². The Bertz CT molecular complexity index is 820. The summed E-state index contributed by atoms with van der Waals surface area (Å²) < 4.78 is 0. The molecule has 0 radical (unpaired) electrons. The number of carboxylic acid groups (broad SMARTS) is 1. The van der Waals surface area contributed by atoms with Crippen molar-refractivity contribution in [3.05, 3.63) is 18.2 Å². The highest BCUT2D eigenvalue weighted by atomic mass is 16.4. The molecule has 0 unspecified atom stereocenters. The van der Waals surface area contributed by atoms with Crippen molar-refractivity contribution in [1.29, 1.82) is 0 Å². The summed E-state index contributed by atoms with van der Waals surface area (Å²) in [4.78, 5) is 57.4. The minimum atomic E-state index is -1.14. The van der Waals surface area contributed by atoms with Crippen molar-refractivity contribution in [3.63, 3.8) is 0 Å². The van der Waals surface area contributed by atoms with E-state index < -0.39 is 35.9 Å². The number of rotatable bonds is 13. The number of hydrogen-bond donors (Lipinski definition) is 6. The molecule has 1 aliphatic rings. The fourth-order valence-electron chi connectivity index (χ4n) is 3.94. The molecule has 11 nitrogen and oxygen atoms in total. The summed E-state index contributed by atoms with van der Waals surface area (Å²) in [5, 5.41) is 20.7. The van der Waals surface area contributed by atoms with Gasteiger partial charge in [0.15, 0.2) is 0 Å². The number of imidazole rings is 1. The largest absolute Gasteiger partial charge is 0.480 e. The van der Waals surface area contributed by atoms with E-state index in [1.165, 1.54) is 6.33 Å². The maximum atomic E-state index is 13.2. The van der Waals surface area contributed by atoms with Gasteiger partial charge in [-0.2, -0.15) is 0 Å². The molecule has 0 aromatic carbocycles. The molecule has 1 fully saturated rings. The number of aliphatic carboxylic acids is 1. The Kier molecular flexibility index (Phi) is 10.5. The van der Waals surface area contributed by atoms with Gasteiger partial charge in [-0.3, -0.25) is 14.4 Å². The van der Waals surface area contributed by atoms with Gasteiger partial charge in [-0.05, 0) is 44.1 Å². The number of aromatic nitrogens is 2. The monoisotopic (exact) mass is 478 g/mol. The third kappa shape index (κ3) is 8.77. The first-order valence-electron chi connectivity index (χ1n) is 11.9. The third-order valence-corrected chi connectivity index (χ3v) is 5.64. The minimum Gasteiger partial charge on any atom is -0.480 e. The molecule has 190 valence electrons. The van der Waals surface area contributed by atoms with Gasteiger partial charge >= 0.3 is 5.97 Å². The number of H-pyrrole nitrogens is 1. The standard InChI is InChI=1S/C23H38N6O5/c1-13(2)8-17(27-20(30)16-6-5-7-25-16)21(31)28-18(10-15-11-24-12-26-15)22(32)29-19(23(33)34)9-14(3)4/h11-14,16-19,25H,5-10H2,1-4H3,(H,24,26)(H,27,30)(H,28,31)(H,29,32)(H,33,34)/t16-,17-,18-,19+/m1/s1. The number of hydrogen-bond acceptors (Lipinski definition) is 6. The predicted molar refractivity (Wildman–Crippen MR) is 126 cm³/mol. The molecule has 0 saturated carbocycles. The summed E-state index contributed by atoms with van der Waals surface area (Å²) in [7, 11) is 0. The predicted octanol–water partition coefficient (Wildman–Crippen LogP) is 0.335. The van der Waals surface area contributed by atoms with Crippen LogP contribution >= 0.6 is 0 Å². The number of aromatic amines is 1. The van der Waals surface area contributed by atoms with Crippen LogP contribution in [0.2, 0.25) is 0 Å². The third-order valence-electron chi connectivity index (χ3n) is 5.64. The molecule has 3 amide bonds. The van der Waals surface area contributed by atoms with E-state index in [0.29, 0.717) is 18.5 Å². The summed E-state index contributed by atoms with van der Waals surface area (Å²) in [5.74, 6) is -2.32. The zero-order valence-electron chi connectivity index (χ0n) is 20.4. The topological polar surface area (TPSA) is 165 Å². The van der Waals surface area contributed by atoms with Crippen LogP contribution in [-0.2, 0) is 25.6 Å². The lowest BCUT2D eigenvalue weighted by atomic mass is 10.0.